The van der Waals surface area contributed by atoms with Gasteiger partial charge in [0.25, 0.3) is 0 Å². The van der Waals surface area contributed by atoms with Crippen molar-refractivity contribution in [1.82, 2.24) is 9.97 Å². The summed E-state index contributed by atoms with van der Waals surface area (Å²) in [4.78, 5) is 6.00. The molecule has 3 heteroatoms. The molecular formula is C9H6N2S. The minimum atomic E-state index is 0.624. The van der Waals surface area contributed by atoms with Gasteiger partial charge >= 0.3 is 0 Å². The fraction of sp³-hybridized carbons (Fsp3) is 0. The van der Waals surface area contributed by atoms with Crippen LogP contribution in [0.1, 0.15) is 5.56 Å². The van der Waals surface area contributed by atoms with Crippen molar-refractivity contribution in [3.63, 3.8) is 0 Å². The van der Waals surface area contributed by atoms with Gasteiger partial charge in [-0.3, -0.25) is 0 Å². The highest BCUT2D eigenvalue weighted by Gasteiger charge is 1.95. The van der Waals surface area contributed by atoms with E-state index in [1.807, 2.05) is 18.2 Å². The lowest BCUT2D eigenvalue weighted by atomic mass is 10.2. The van der Waals surface area contributed by atoms with E-state index in [1.54, 1.807) is 0 Å². The molecule has 0 radical (unpaired) electrons. The first-order valence-corrected chi connectivity index (χ1v) is 3.89. The SMILES string of the molecule is C#Cc1ccc2[nH]c(=S)[nH]c2c1. The number of aromatic nitrogens is 2. The Balaban J connectivity index is 2.85. The van der Waals surface area contributed by atoms with E-state index < -0.39 is 0 Å². The molecule has 0 fully saturated rings. The summed E-state index contributed by atoms with van der Waals surface area (Å²) in [5.41, 5.74) is 2.79. The maximum absolute atomic E-state index is 5.25. The van der Waals surface area contributed by atoms with E-state index in [9.17, 15) is 0 Å². The normalized spacial score (nSPS) is 9.92. The molecule has 0 amide bonds. The van der Waals surface area contributed by atoms with Crippen molar-refractivity contribution in [3.8, 4) is 12.3 Å². The van der Waals surface area contributed by atoms with Crippen LogP contribution in [-0.4, -0.2) is 9.97 Å². The molecule has 1 heterocycles. The highest BCUT2D eigenvalue weighted by molar-refractivity contribution is 7.71. The quantitative estimate of drug-likeness (QED) is 0.465. The molecule has 2 aromatic rings. The van der Waals surface area contributed by atoms with Crippen molar-refractivity contribution in [2.75, 3.05) is 0 Å². The van der Waals surface area contributed by atoms with Crippen molar-refractivity contribution < 1.29 is 0 Å². The number of fused-ring (bicyclic) bond motifs is 1. The van der Waals surface area contributed by atoms with Crippen LogP contribution < -0.4 is 0 Å². The molecule has 2 rings (SSSR count). The fourth-order valence-electron chi connectivity index (χ4n) is 1.12. The fourth-order valence-corrected chi connectivity index (χ4v) is 1.34. The van der Waals surface area contributed by atoms with Gasteiger partial charge in [0.05, 0.1) is 11.0 Å². The number of H-pyrrole nitrogens is 2. The molecule has 0 spiro atoms. The number of rotatable bonds is 0. The van der Waals surface area contributed by atoms with Gasteiger partial charge < -0.3 is 9.97 Å². The molecule has 0 atom stereocenters. The molecule has 12 heavy (non-hydrogen) atoms. The summed E-state index contributed by atoms with van der Waals surface area (Å²) in [6.45, 7) is 0. The van der Waals surface area contributed by atoms with Crippen molar-refractivity contribution in [1.29, 1.82) is 0 Å². The number of imidazole rings is 1. The third-order valence-electron chi connectivity index (χ3n) is 1.68. The molecule has 1 aromatic carbocycles. The van der Waals surface area contributed by atoms with Gasteiger partial charge in [0.15, 0.2) is 4.77 Å². The van der Waals surface area contributed by atoms with Gasteiger partial charge in [-0.25, -0.2) is 0 Å². The van der Waals surface area contributed by atoms with E-state index in [-0.39, 0.29) is 0 Å². The lowest BCUT2D eigenvalue weighted by Gasteiger charge is -1.89. The molecule has 0 aliphatic heterocycles. The molecule has 0 saturated heterocycles. The predicted octanol–water partition coefficient (Wildman–Crippen LogP) is 2.21. The topological polar surface area (TPSA) is 31.6 Å². The molecule has 0 aliphatic rings. The second-order valence-corrected chi connectivity index (χ2v) is 2.89. The van der Waals surface area contributed by atoms with Crippen LogP contribution in [0.4, 0.5) is 0 Å². The van der Waals surface area contributed by atoms with E-state index >= 15 is 0 Å². The molecule has 2 N–H and O–H groups in total. The third-order valence-corrected chi connectivity index (χ3v) is 1.89. The van der Waals surface area contributed by atoms with Crippen LogP contribution in [0.15, 0.2) is 18.2 Å². The van der Waals surface area contributed by atoms with Crippen molar-refractivity contribution in [3.05, 3.63) is 28.5 Å². The summed E-state index contributed by atoms with van der Waals surface area (Å²) in [5.74, 6) is 2.56. The lowest BCUT2D eigenvalue weighted by Crippen LogP contribution is -1.73. The Bertz CT molecular complexity index is 513. The van der Waals surface area contributed by atoms with E-state index in [4.69, 9.17) is 18.6 Å². The van der Waals surface area contributed by atoms with Crippen LogP contribution >= 0.6 is 12.2 Å². The minimum Gasteiger partial charge on any atom is -0.331 e. The monoisotopic (exact) mass is 174 g/mol. The summed E-state index contributed by atoms with van der Waals surface area (Å²) in [7, 11) is 0. The third kappa shape index (κ3) is 1.03. The average Bonchev–Trinajstić information content (AvgIpc) is 2.43. The molecule has 0 aliphatic carbocycles. The maximum atomic E-state index is 5.25. The Kier molecular flexibility index (Phi) is 1.49. The Morgan fingerprint density at radius 1 is 1.25 bits per heavy atom. The highest BCUT2D eigenvalue weighted by Crippen LogP contribution is 2.11. The van der Waals surface area contributed by atoms with Gasteiger partial charge in [-0.05, 0) is 30.4 Å². The van der Waals surface area contributed by atoms with Gasteiger partial charge in [0.1, 0.15) is 0 Å². The lowest BCUT2D eigenvalue weighted by molar-refractivity contribution is 1.30. The number of hydrogen-bond donors (Lipinski definition) is 2. The largest absolute Gasteiger partial charge is 0.331 e. The number of aromatic amines is 2. The molecule has 2 nitrogen and oxygen atoms in total. The minimum absolute atomic E-state index is 0.624. The molecule has 0 saturated carbocycles. The Labute approximate surface area is 74.6 Å². The zero-order valence-corrected chi connectivity index (χ0v) is 7.03. The summed E-state index contributed by atoms with van der Waals surface area (Å²) in [6, 6.07) is 5.68. The Morgan fingerprint density at radius 2 is 2.00 bits per heavy atom. The van der Waals surface area contributed by atoms with Gasteiger partial charge in [0, 0.05) is 5.56 Å². The molecule has 1 aromatic heterocycles. The maximum Gasteiger partial charge on any atom is 0.175 e. The number of nitrogens with one attached hydrogen (secondary N) is 2. The van der Waals surface area contributed by atoms with Gasteiger partial charge in [-0.1, -0.05) is 5.92 Å². The first-order valence-electron chi connectivity index (χ1n) is 3.48. The number of hydrogen-bond acceptors (Lipinski definition) is 1. The standard InChI is InChI=1S/C9H6N2S/c1-2-6-3-4-7-8(5-6)11-9(12)10-7/h1,3-5H,(H2,10,11,12). The number of terminal acetylenes is 1. The second-order valence-electron chi connectivity index (χ2n) is 2.48. The van der Waals surface area contributed by atoms with E-state index in [0.29, 0.717) is 4.77 Å². The van der Waals surface area contributed by atoms with Crippen LogP contribution in [-0.2, 0) is 0 Å². The van der Waals surface area contributed by atoms with Gasteiger partial charge in [-0.15, -0.1) is 6.42 Å². The zero-order chi connectivity index (χ0) is 8.55. The smallest absolute Gasteiger partial charge is 0.175 e. The summed E-state index contributed by atoms with van der Waals surface area (Å²) >= 11 is 4.93. The van der Waals surface area contributed by atoms with Crippen molar-refractivity contribution in [2.24, 2.45) is 0 Å². The van der Waals surface area contributed by atoms with Gasteiger partial charge in [0.2, 0.25) is 0 Å². The van der Waals surface area contributed by atoms with Crippen molar-refractivity contribution >= 4 is 23.3 Å². The van der Waals surface area contributed by atoms with E-state index in [1.165, 1.54) is 0 Å². The van der Waals surface area contributed by atoms with Crippen LogP contribution in [0.25, 0.3) is 11.0 Å². The summed E-state index contributed by atoms with van der Waals surface area (Å²) in [6.07, 6.45) is 5.25. The van der Waals surface area contributed by atoms with Crippen LogP contribution in [0.2, 0.25) is 0 Å². The Hall–Kier alpha value is -1.53. The van der Waals surface area contributed by atoms with Crippen molar-refractivity contribution in [2.45, 2.75) is 0 Å². The highest BCUT2D eigenvalue weighted by atomic mass is 32.1. The molecular weight excluding hydrogens is 168 g/mol. The zero-order valence-electron chi connectivity index (χ0n) is 6.22. The first kappa shape index (κ1) is 7.14. The predicted molar refractivity (Wildman–Crippen MR) is 51.4 cm³/mol. The molecule has 58 valence electrons. The average molecular weight is 174 g/mol. The summed E-state index contributed by atoms with van der Waals surface area (Å²) in [5, 5.41) is 0. The summed E-state index contributed by atoms with van der Waals surface area (Å²) < 4.78 is 0.624. The molecule has 0 bridgehead atoms. The van der Waals surface area contributed by atoms with Crippen LogP contribution in [0.5, 0.6) is 0 Å². The van der Waals surface area contributed by atoms with Crippen LogP contribution in [0.3, 0.4) is 0 Å². The van der Waals surface area contributed by atoms with E-state index in [2.05, 4.69) is 15.9 Å². The van der Waals surface area contributed by atoms with Gasteiger partial charge in [-0.2, -0.15) is 0 Å². The second kappa shape index (κ2) is 2.50. The van der Waals surface area contributed by atoms with E-state index in [0.717, 1.165) is 16.6 Å². The Morgan fingerprint density at radius 3 is 2.75 bits per heavy atom. The molecule has 0 unspecified atom stereocenters. The van der Waals surface area contributed by atoms with Crippen LogP contribution in [0, 0.1) is 17.1 Å². The first-order chi connectivity index (χ1) is 5.79. The number of benzene rings is 1.